The van der Waals surface area contributed by atoms with Crippen LogP contribution in [-0.2, 0) is 19.4 Å². The van der Waals surface area contributed by atoms with E-state index < -0.39 is 13.7 Å². The fourth-order valence-corrected chi connectivity index (χ4v) is 3.70. The predicted molar refractivity (Wildman–Crippen MR) is 106 cm³/mol. The average molecular weight is 405 g/mol. The van der Waals surface area contributed by atoms with Crippen molar-refractivity contribution in [2.75, 3.05) is 19.5 Å². The molecule has 0 N–H and O–H groups in total. The third-order valence-corrected chi connectivity index (χ3v) is 10.1. The number of hydrogen-bond acceptors (Lipinski definition) is 6. The van der Waals surface area contributed by atoms with Crippen LogP contribution in [0.3, 0.4) is 0 Å². The number of carbonyl (C=O) groups is 1. The lowest BCUT2D eigenvalue weighted by Crippen LogP contribution is -2.47. The second kappa shape index (κ2) is 8.37. The van der Waals surface area contributed by atoms with Crippen LogP contribution in [0.5, 0.6) is 0 Å². The first kappa shape index (κ1) is 22.4. The molecule has 0 saturated heterocycles. The van der Waals surface area contributed by atoms with Crippen molar-refractivity contribution in [3.63, 3.8) is 0 Å². The van der Waals surface area contributed by atoms with E-state index in [1.807, 2.05) is 6.26 Å². The largest absolute Gasteiger partial charge is 0.465 e. The molecule has 0 radical (unpaired) electrons. The molecule has 0 saturated carbocycles. The van der Waals surface area contributed by atoms with Crippen molar-refractivity contribution in [3.05, 3.63) is 16.9 Å². The Morgan fingerprint density at radius 1 is 1.32 bits per heavy atom. The van der Waals surface area contributed by atoms with Crippen molar-refractivity contribution < 1.29 is 14.0 Å². The third kappa shape index (κ3) is 5.18. The fourth-order valence-electron chi connectivity index (χ4n) is 1.89. The molecule has 142 valence electrons. The zero-order chi connectivity index (χ0) is 19.5. The normalized spacial score (nSPS) is 14.9. The Labute approximate surface area is 161 Å². The van der Waals surface area contributed by atoms with Gasteiger partial charge in [0.1, 0.15) is 10.6 Å². The minimum atomic E-state index is -2.05. The minimum absolute atomic E-state index is 0.0333. The van der Waals surface area contributed by atoms with E-state index in [2.05, 4.69) is 43.8 Å². The Balaban J connectivity index is 3.26. The van der Waals surface area contributed by atoms with Crippen LogP contribution < -0.4 is 0 Å². The van der Waals surface area contributed by atoms with Gasteiger partial charge in [0.15, 0.2) is 13.5 Å². The van der Waals surface area contributed by atoms with Crippen LogP contribution in [0.1, 0.15) is 40.2 Å². The maximum atomic E-state index is 12.7. The quantitative estimate of drug-likeness (QED) is 0.216. The summed E-state index contributed by atoms with van der Waals surface area (Å²) in [7, 11) is -2.05. The van der Waals surface area contributed by atoms with Crippen molar-refractivity contribution in [1.82, 2.24) is 9.97 Å². The van der Waals surface area contributed by atoms with E-state index >= 15 is 0 Å². The molecule has 0 unspecified atom stereocenters. The summed E-state index contributed by atoms with van der Waals surface area (Å²) < 4.78 is 11.6. The molecule has 1 rings (SSSR count). The summed E-state index contributed by atoms with van der Waals surface area (Å²) in [5.41, 5.74) is -0.524. The van der Waals surface area contributed by atoms with E-state index in [9.17, 15) is 4.79 Å². The number of hydrogen-bond donors (Lipinski definition) is 0. The van der Waals surface area contributed by atoms with E-state index in [0.717, 1.165) is 0 Å². The van der Waals surface area contributed by atoms with Gasteiger partial charge in [0, 0.05) is 11.8 Å². The summed E-state index contributed by atoms with van der Waals surface area (Å²) in [5.74, 6) is -0.379. The molecule has 1 aromatic heterocycles. The Morgan fingerprint density at radius 2 is 1.92 bits per heavy atom. The molecule has 1 aromatic rings. The van der Waals surface area contributed by atoms with Gasteiger partial charge in [0.05, 0.1) is 13.2 Å². The molecule has 1 atom stereocenters. The maximum Gasteiger partial charge on any atom is 0.318 e. The number of carbonyl (C=O) groups excluding carboxylic acids is 1. The number of rotatable bonds is 7. The number of aromatic nitrogens is 2. The number of thioether (sulfide) groups is 1. The van der Waals surface area contributed by atoms with Crippen molar-refractivity contribution in [3.8, 4) is 0 Å². The lowest BCUT2D eigenvalue weighted by atomic mass is 9.85. The predicted octanol–water partition coefficient (Wildman–Crippen LogP) is 4.69. The van der Waals surface area contributed by atoms with Crippen molar-refractivity contribution in [2.24, 2.45) is 0 Å². The minimum Gasteiger partial charge on any atom is -0.465 e. The van der Waals surface area contributed by atoms with Gasteiger partial charge in [0.2, 0.25) is 0 Å². The molecule has 0 aliphatic carbocycles. The Kier molecular flexibility index (Phi) is 7.50. The summed E-state index contributed by atoms with van der Waals surface area (Å²) in [6.45, 7) is 14.8. The zero-order valence-electron chi connectivity index (χ0n) is 16.4. The van der Waals surface area contributed by atoms with Gasteiger partial charge < -0.3 is 9.16 Å². The van der Waals surface area contributed by atoms with Crippen LogP contribution in [0.15, 0.2) is 11.4 Å². The molecule has 5 nitrogen and oxygen atoms in total. The van der Waals surface area contributed by atoms with E-state index in [0.29, 0.717) is 10.7 Å². The van der Waals surface area contributed by atoms with Gasteiger partial charge in [-0.2, -0.15) is 0 Å². The summed E-state index contributed by atoms with van der Waals surface area (Å²) in [6, 6.07) is 0. The first-order valence-electron chi connectivity index (χ1n) is 8.27. The van der Waals surface area contributed by atoms with Gasteiger partial charge in [-0.25, -0.2) is 9.97 Å². The first-order chi connectivity index (χ1) is 11.4. The highest BCUT2D eigenvalue weighted by Gasteiger charge is 2.44. The molecule has 25 heavy (non-hydrogen) atoms. The first-order valence-corrected chi connectivity index (χ1v) is 12.8. The monoisotopic (exact) mass is 404 g/mol. The summed E-state index contributed by atoms with van der Waals surface area (Å²) in [5, 5.41) is 0.852. The summed E-state index contributed by atoms with van der Waals surface area (Å²) in [6.07, 6.45) is 3.48. The molecular formula is C17H29ClN2O3SSi. The van der Waals surface area contributed by atoms with Crippen LogP contribution in [0, 0.1) is 0 Å². The molecule has 0 bridgehead atoms. The topological polar surface area (TPSA) is 61.3 Å². The third-order valence-electron chi connectivity index (χ3n) is 4.75. The molecule has 0 aliphatic rings. The van der Waals surface area contributed by atoms with Crippen LogP contribution in [-0.4, -0.2) is 43.7 Å². The fraction of sp³-hybridized carbons (Fsp3) is 0.706. The molecule has 0 spiro atoms. The van der Waals surface area contributed by atoms with Crippen molar-refractivity contribution in [2.45, 2.75) is 63.3 Å². The summed E-state index contributed by atoms with van der Waals surface area (Å²) in [4.78, 5) is 21.3. The molecule has 1 heterocycles. The van der Waals surface area contributed by atoms with Gasteiger partial charge in [0.25, 0.3) is 0 Å². The van der Waals surface area contributed by atoms with Gasteiger partial charge in [-0.15, -0.1) is 0 Å². The Bertz CT molecular complexity index is 622. The van der Waals surface area contributed by atoms with Crippen LogP contribution in [0.25, 0.3) is 0 Å². The second-order valence-electron chi connectivity index (χ2n) is 7.66. The highest BCUT2D eigenvalue weighted by atomic mass is 35.5. The van der Waals surface area contributed by atoms with Gasteiger partial charge in [-0.05, 0) is 38.2 Å². The maximum absolute atomic E-state index is 12.7. The van der Waals surface area contributed by atoms with Crippen LogP contribution in [0.4, 0.5) is 0 Å². The number of esters is 1. The second-order valence-corrected chi connectivity index (χ2v) is 13.6. The molecular weight excluding hydrogens is 376 g/mol. The van der Waals surface area contributed by atoms with Gasteiger partial charge in [-0.1, -0.05) is 44.1 Å². The molecule has 0 fully saturated rings. The van der Waals surface area contributed by atoms with E-state index in [1.165, 1.54) is 11.8 Å². The number of halogens is 1. The summed E-state index contributed by atoms with van der Waals surface area (Å²) >= 11 is 7.75. The molecule has 8 heteroatoms. The number of ether oxygens (including phenoxy) is 1. The molecule has 0 aliphatic heterocycles. The van der Waals surface area contributed by atoms with Gasteiger partial charge >= 0.3 is 5.97 Å². The van der Waals surface area contributed by atoms with Crippen LogP contribution in [0.2, 0.25) is 23.3 Å². The van der Waals surface area contributed by atoms with Crippen molar-refractivity contribution >= 4 is 37.6 Å². The lowest BCUT2D eigenvalue weighted by molar-refractivity contribution is -0.150. The van der Waals surface area contributed by atoms with E-state index in [-0.39, 0.29) is 29.4 Å². The number of nitrogens with zero attached hydrogens (tertiary/aromatic N) is 2. The highest BCUT2D eigenvalue weighted by molar-refractivity contribution is 7.98. The van der Waals surface area contributed by atoms with Gasteiger partial charge in [-0.3, -0.25) is 4.79 Å². The SMILES string of the molecule is CCOC(=O)[C@@](C)(CO[Si](C)(C)C(C)(C)C)c1cnc(SC)nc1Cl. The van der Waals surface area contributed by atoms with Crippen molar-refractivity contribution in [1.29, 1.82) is 0 Å². The van der Waals surface area contributed by atoms with Crippen LogP contribution >= 0.6 is 23.4 Å². The Hall–Kier alpha value is -0.633. The lowest BCUT2D eigenvalue weighted by Gasteiger charge is -2.39. The zero-order valence-corrected chi connectivity index (χ0v) is 19.0. The van der Waals surface area contributed by atoms with E-state index in [4.69, 9.17) is 20.8 Å². The smallest absolute Gasteiger partial charge is 0.318 e. The van der Waals surface area contributed by atoms with E-state index in [1.54, 1.807) is 20.0 Å². The standard InChI is InChI=1S/C17H29ClN2O3SSi/c1-9-22-14(21)17(5,11-23-25(7,8)16(2,3)4)12-10-19-15(24-6)20-13(12)18/h10H,9,11H2,1-8H3/t17-/m0/s1. The molecule has 0 aromatic carbocycles. The highest BCUT2D eigenvalue weighted by Crippen LogP contribution is 2.39. The Morgan fingerprint density at radius 3 is 2.36 bits per heavy atom. The average Bonchev–Trinajstić information content (AvgIpc) is 2.51. The molecule has 0 amide bonds.